The van der Waals surface area contributed by atoms with Crippen LogP contribution < -0.4 is 0 Å². The van der Waals surface area contributed by atoms with Gasteiger partial charge in [0.25, 0.3) is 5.79 Å². The van der Waals surface area contributed by atoms with E-state index < -0.39 is 49.0 Å². The van der Waals surface area contributed by atoms with E-state index in [1.165, 1.54) is 0 Å². The zero-order valence-corrected chi connectivity index (χ0v) is 13.3. The zero-order chi connectivity index (χ0) is 17.8. The third kappa shape index (κ3) is 5.39. The van der Waals surface area contributed by atoms with Crippen molar-refractivity contribution >= 4 is 5.97 Å². The van der Waals surface area contributed by atoms with Crippen molar-refractivity contribution in [2.24, 2.45) is 11.8 Å². The molecule has 6 atom stereocenters. The second kappa shape index (κ2) is 8.94. The third-order valence-corrected chi connectivity index (χ3v) is 4.02. The van der Waals surface area contributed by atoms with Crippen LogP contribution in [0.25, 0.3) is 0 Å². The minimum Gasteiger partial charge on any atom is -0.477 e. The molecule has 0 aromatic heterocycles. The number of hydrogen-bond donors (Lipinski definition) is 4. The molecule has 7 nitrogen and oxygen atoms in total. The van der Waals surface area contributed by atoms with Gasteiger partial charge in [0, 0.05) is 13.7 Å². The van der Waals surface area contributed by atoms with E-state index in [1.54, 1.807) is 6.92 Å². The number of carboxylic acids is 1. The summed E-state index contributed by atoms with van der Waals surface area (Å²) in [6.45, 7) is 5.20. The SMILES string of the molecule is C.[2H]CC(O)C(O)C1OC(OCCC(C)C)(C(=O)O)CC(O)C1C. The molecule has 1 fully saturated rings. The topological polar surface area (TPSA) is 116 Å². The molecule has 1 rings (SSSR count). The maximum atomic E-state index is 11.7. The number of aliphatic hydroxyl groups excluding tert-OH is 3. The van der Waals surface area contributed by atoms with Crippen LogP contribution in [-0.2, 0) is 14.3 Å². The van der Waals surface area contributed by atoms with E-state index in [4.69, 9.17) is 10.8 Å². The summed E-state index contributed by atoms with van der Waals surface area (Å²) in [6.07, 6.45) is -4.74. The fourth-order valence-corrected chi connectivity index (χ4v) is 2.41. The van der Waals surface area contributed by atoms with E-state index >= 15 is 0 Å². The highest BCUT2D eigenvalue weighted by Gasteiger charge is 2.53. The smallest absolute Gasteiger partial charge is 0.364 e. The minimum absolute atomic E-state index is 0. The molecule has 0 amide bonds. The predicted octanol–water partition coefficient (Wildman–Crippen LogP) is 0.994. The number of rotatable bonds is 7. The van der Waals surface area contributed by atoms with Gasteiger partial charge in [-0.1, -0.05) is 28.2 Å². The van der Waals surface area contributed by atoms with Crippen LogP contribution in [0.1, 0.15) is 49.3 Å². The van der Waals surface area contributed by atoms with E-state index in [2.05, 4.69) is 0 Å². The monoisotopic (exact) mass is 337 g/mol. The zero-order valence-electron chi connectivity index (χ0n) is 14.3. The lowest BCUT2D eigenvalue weighted by Gasteiger charge is -2.45. The Morgan fingerprint density at radius 3 is 2.57 bits per heavy atom. The first-order valence-corrected chi connectivity index (χ1v) is 7.53. The molecular weight excluding hydrogens is 304 g/mol. The molecule has 0 bridgehead atoms. The molecule has 1 aliphatic heterocycles. The molecule has 0 radical (unpaired) electrons. The molecule has 0 spiro atoms. The normalized spacial score (nSPS) is 34.4. The Bertz CT molecular complexity index is 393. The quantitative estimate of drug-likeness (QED) is 0.547. The van der Waals surface area contributed by atoms with Crippen LogP contribution in [0.5, 0.6) is 0 Å². The molecule has 4 N–H and O–H groups in total. The molecule has 23 heavy (non-hydrogen) atoms. The number of carboxylic acid groups (broad SMARTS) is 1. The lowest BCUT2D eigenvalue weighted by molar-refractivity contribution is -0.317. The number of hydrogen-bond acceptors (Lipinski definition) is 6. The summed E-state index contributed by atoms with van der Waals surface area (Å²) < 4.78 is 18.1. The second-order valence-corrected chi connectivity index (χ2v) is 6.36. The summed E-state index contributed by atoms with van der Waals surface area (Å²) in [6, 6.07) is 0. The molecule has 0 aromatic rings. The first kappa shape index (κ1) is 20.3. The average molecular weight is 337 g/mol. The van der Waals surface area contributed by atoms with Crippen LogP contribution in [0.4, 0.5) is 0 Å². The van der Waals surface area contributed by atoms with Crippen LogP contribution in [0.15, 0.2) is 0 Å². The molecule has 0 saturated carbocycles. The van der Waals surface area contributed by atoms with Crippen molar-refractivity contribution in [1.29, 1.82) is 0 Å². The van der Waals surface area contributed by atoms with Crippen molar-refractivity contribution in [3.05, 3.63) is 0 Å². The lowest BCUT2D eigenvalue weighted by Crippen LogP contribution is -2.60. The van der Waals surface area contributed by atoms with Gasteiger partial charge < -0.3 is 29.9 Å². The Hall–Kier alpha value is -0.730. The average Bonchev–Trinajstić information content (AvgIpc) is 2.48. The van der Waals surface area contributed by atoms with Gasteiger partial charge >= 0.3 is 5.97 Å². The first-order chi connectivity index (χ1) is 10.6. The molecule has 6 unspecified atom stereocenters. The van der Waals surface area contributed by atoms with Crippen molar-refractivity contribution in [3.8, 4) is 0 Å². The molecule has 1 heterocycles. The molecule has 138 valence electrons. The summed E-state index contributed by atoms with van der Waals surface area (Å²) in [7, 11) is 0. The first-order valence-electron chi connectivity index (χ1n) is 8.24. The van der Waals surface area contributed by atoms with E-state index in [-0.39, 0.29) is 20.5 Å². The maximum Gasteiger partial charge on any atom is 0.364 e. The third-order valence-electron chi connectivity index (χ3n) is 4.02. The van der Waals surface area contributed by atoms with E-state index in [0.717, 1.165) is 0 Å². The standard InChI is InChI=1S/C15H28O7.CH4/c1-8(2)5-6-21-15(14(19)20)7-11(17)9(3)13(22-15)12(18)10(4)16;/h8-13,16-18H,5-7H2,1-4H3,(H,19,20);1H4/i4D;. The Labute approximate surface area is 139 Å². The van der Waals surface area contributed by atoms with Crippen LogP contribution in [0.2, 0.25) is 0 Å². The van der Waals surface area contributed by atoms with Gasteiger partial charge in [0.2, 0.25) is 0 Å². The number of ether oxygens (including phenoxy) is 2. The van der Waals surface area contributed by atoms with Crippen molar-refractivity contribution < 1.29 is 36.1 Å². The van der Waals surface area contributed by atoms with Crippen molar-refractivity contribution in [2.45, 2.75) is 78.1 Å². The van der Waals surface area contributed by atoms with Gasteiger partial charge in [-0.05, 0) is 19.2 Å². The summed E-state index contributed by atoms with van der Waals surface area (Å²) in [5.74, 6) is -3.74. The van der Waals surface area contributed by atoms with Crippen molar-refractivity contribution in [1.82, 2.24) is 0 Å². The lowest BCUT2D eigenvalue weighted by atomic mass is 9.85. The Morgan fingerprint density at radius 1 is 1.48 bits per heavy atom. The van der Waals surface area contributed by atoms with Crippen LogP contribution >= 0.6 is 0 Å². The Kier molecular flexibility index (Phi) is 7.89. The van der Waals surface area contributed by atoms with Gasteiger partial charge in [0.15, 0.2) is 0 Å². The van der Waals surface area contributed by atoms with Crippen LogP contribution in [0.3, 0.4) is 0 Å². The predicted molar refractivity (Wildman–Crippen MR) is 84.9 cm³/mol. The molecule has 7 heteroatoms. The second-order valence-electron chi connectivity index (χ2n) is 6.36. The minimum atomic E-state index is -2.06. The van der Waals surface area contributed by atoms with Gasteiger partial charge in [-0.2, -0.15) is 0 Å². The van der Waals surface area contributed by atoms with Gasteiger partial charge in [-0.25, -0.2) is 4.79 Å². The van der Waals surface area contributed by atoms with E-state index in [0.29, 0.717) is 12.3 Å². The number of aliphatic carboxylic acids is 1. The molecule has 0 aliphatic carbocycles. The number of carbonyl (C=O) groups is 1. The van der Waals surface area contributed by atoms with Gasteiger partial charge in [0.05, 0.1) is 24.9 Å². The molecule has 1 saturated heterocycles. The summed E-state index contributed by atoms with van der Waals surface area (Å²) in [5.41, 5.74) is 0. The van der Waals surface area contributed by atoms with E-state index in [9.17, 15) is 25.2 Å². The molecular formula is C16H32O7. The Balaban J connectivity index is 0.00000529. The van der Waals surface area contributed by atoms with Crippen LogP contribution in [-0.4, -0.2) is 63.2 Å². The highest BCUT2D eigenvalue weighted by molar-refractivity contribution is 5.76. The van der Waals surface area contributed by atoms with Crippen molar-refractivity contribution in [3.63, 3.8) is 0 Å². The summed E-state index contributed by atoms with van der Waals surface area (Å²) in [5, 5.41) is 39.4. The van der Waals surface area contributed by atoms with Gasteiger partial charge in [-0.3, -0.25) is 0 Å². The Morgan fingerprint density at radius 2 is 2.09 bits per heavy atom. The summed E-state index contributed by atoms with van der Waals surface area (Å²) in [4.78, 5) is 11.7. The van der Waals surface area contributed by atoms with Crippen molar-refractivity contribution in [2.75, 3.05) is 6.61 Å². The number of aliphatic hydroxyl groups is 3. The summed E-state index contributed by atoms with van der Waals surface area (Å²) >= 11 is 0. The maximum absolute atomic E-state index is 11.7. The van der Waals surface area contributed by atoms with E-state index in [1.807, 2.05) is 13.8 Å². The molecule has 0 aromatic carbocycles. The van der Waals surface area contributed by atoms with Crippen LogP contribution in [0, 0.1) is 11.8 Å². The van der Waals surface area contributed by atoms with Gasteiger partial charge in [0.1, 0.15) is 6.10 Å². The fraction of sp³-hybridized carbons (Fsp3) is 0.938. The fourth-order valence-electron chi connectivity index (χ4n) is 2.41. The largest absolute Gasteiger partial charge is 0.477 e. The van der Waals surface area contributed by atoms with Gasteiger partial charge in [-0.15, -0.1) is 0 Å². The molecule has 1 aliphatic rings. The highest BCUT2D eigenvalue weighted by Crippen LogP contribution is 2.36. The highest BCUT2D eigenvalue weighted by atomic mass is 16.7.